The Balaban J connectivity index is 2.30. The van der Waals surface area contributed by atoms with Crippen molar-refractivity contribution in [2.75, 3.05) is 5.32 Å². The fourth-order valence-corrected chi connectivity index (χ4v) is 1.93. The van der Waals surface area contributed by atoms with Crippen LogP contribution in [0, 0.1) is 23.7 Å². The number of carbonyl (C=O) groups is 2. The van der Waals surface area contributed by atoms with Crippen LogP contribution in [0.4, 0.5) is 5.69 Å². The molecule has 4 heteroatoms. The summed E-state index contributed by atoms with van der Waals surface area (Å²) >= 11 is 0. The minimum absolute atomic E-state index is 0.0859. The molecule has 0 saturated heterocycles. The highest BCUT2D eigenvalue weighted by molar-refractivity contribution is 6.05. The van der Waals surface area contributed by atoms with Crippen molar-refractivity contribution in [2.45, 2.75) is 6.92 Å². The molecule has 0 unspecified atom stereocenters. The number of Topliss-reactive ketones (excluding diaryl/α,β-unsaturated/α-hetero) is 1. The van der Waals surface area contributed by atoms with E-state index in [1.54, 1.807) is 24.3 Å². The summed E-state index contributed by atoms with van der Waals surface area (Å²) in [5.41, 5.74) is 2.08. The van der Waals surface area contributed by atoms with E-state index in [0.29, 0.717) is 27.9 Å². The Kier molecular flexibility index (Phi) is 4.36. The number of nitriles is 1. The van der Waals surface area contributed by atoms with Gasteiger partial charge in [0.15, 0.2) is 5.78 Å². The molecule has 1 N–H and O–H groups in total. The summed E-state index contributed by atoms with van der Waals surface area (Å²) < 4.78 is 0. The van der Waals surface area contributed by atoms with Gasteiger partial charge in [0.1, 0.15) is 0 Å². The van der Waals surface area contributed by atoms with E-state index >= 15 is 0 Å². The quantitative estimate of drug-likeness (QED) is 0.697. The Bertz CT molecular complexity index is 807. The van der Waals surface area contributed by atoms with Crippen LogP contribution < -0.4 is 5.32 Å². The van der Waals surface area contributed by atoms with Gasteiger partial charge in [-0.2, -0.15) is 5.26 Å². The van der Waals surface area contributed by atoms with Crippen LogP contribution >= 0.6 is 0 Å². The molecule has 0 atom stereocenters. The number of rotatable bonds is 3. The van der Waals surface area contributed by atoms with Crippen molar-refractivity contribution in [1.82, 2.24) is 0 Å². The van der Waals surface area contributed by atoms with Gasteiger partial charge in [-0.15, -0.1) is 6.42 Å². The fraction of sp³-hybridized carbons (Fsp3) is 0.0556. The molecule has 22 heavy (non-hydrogen) atoms. The molecular formula is C18H12N2O2. The first-order valence-electron chi connectivity index (χ1n) is 6.47. The second-order valence-electron chi connectivity index (χ2n) is 4.65. The van der Waals surface area contributed by atoms with E-state index in [0.717, 1.165) is 0 Å². The Labute approximate surface area is 128 Å². The van der Waals surface area contributed by atoms with Crippen molar-refractivity contribution in [3.05, 3.63) is 64.7 Å². The largest absolute Gasteiger partial charge is 0.322 e. The zero-order chi connectivity index (χ0) is 16.1. The first-order valence-corrected chi connectivity index (χ1v) is 6.47. The van der Waals surface area contributed by atoms with Gasteiger partial charge >= 0.3 is 0 Å². The van der Waals surface area contributed by atoms with E-state index in [1.165, 1.54) is 25.1 Å². The molecule has 0 aliphatic rings. The lowest BCUT2D eigenvalue weighted by Gasteiger charge is -2.07. The molecule has 2 aromatic rings. The van der Waals surface area contributed by atoms with Crippen molar-refractivity contribution >= 4 is 17.4 Å². The molecule has 106 valence electrons. The fourth-order valence-electron chi connectivity index (χ4n) is 1.93. The van der Waals surface area contributed by atoms with Crippen LogP contribution in [-0.2, 0) is 0 Å². The lowest BCUT2D eigenvalue weighted by Crippen LogP contribution is -2.12. The first-order chi connectivity index (χ1) is 10.5. The standard InChI is InChI=1S/C18H12N2O2/c1-3-13-7-14(11-19)9-16(8-13)18(22)20-17-6-4-5-15(10-17)12(2)21/h1,4-10H,2H3,(H,20,22). The number of carbonyl (C=O) groups excluding carboxylic acids is 2. The van der Waals surface area contributed by atoms with Crippen molar-refractivity contribution in [1.29, 1.82) is 5.26 Å². The topological polar surface area (TPSA) is 70.0 Å². The number of terminal acetylenes is 1. The maximum atomic E-state index is 12.3. The summed E-state index contributed by atoms with van der Waals surface area (Å²) in [4.78, 5) is 23.6. The molecule has 0 aromatic heterocycles. The summed E-state index contributed by atoms with van der Waals surface area (Å²) in [6.07, 6.45) is 5.32. The zero-order valence-electron chi connectivity index (χ0n) is 11.9. The maximum Gasteiger partial charge on any atom is 0.255 e. The number of nitrogens with one attached hydrogen (secondary N) is 1. The molecule has 0 heterocycles. The number of hydrogen-bond acceptors (Lipinski definition) is 3. The van der Waals surface area contributed by atoms with E-state index in [9.17, 15) is 9.59 Å². The SMILES string of the molecule is C#Cc1cc(C#N)cc(C(=O)Nc2cccc(C(C)=O)c2)c1. The predicted octanol–water partition coefficient (Wildman–Crippen LogP) is 2.99. The number of nitrogens with zero attached hydrogens (tertiary/aromatic N) is 1. The minimum Gasteiger partial charge on any atom is -0.322 e. The van der Waals surface area contributed by atoms with E-state index in [1.807, 2.05) is 6.07 Å². The predicted molar refractivity (Wildman–Crippen MR) is 83.5 cm³/mol. The molecular weight excluding hydrogens is 276 g/mol. The highest BCUT2D eigenvalue weighted by Gasteiger charge is 2.10. The van der Waals surface area contributed by atoms with Crippen LogP contribution in [0.15, 0.2) is 42.5 Å². The summed E-state index contributed by atoms with van der Waals surface area (Å²) in [6.45, 7) is 1.45. The van der Waals surface area contributed by atoms with Gasteiger partial charge in [-0.3, -0.25) is 9.59 Å². The van der Waals surface area contributed by atoms with Crippen LogP contribution in [-0.4, -0.2) is 11.7 Å². The summed E-state index contributed by atoms with van der Waals surface area (Å²) in [5.74, 6) is 1.93. The van der Waals surface area contributed by atoms with Gasteiger partial charge in [-0.25, -0.2) is 0 Å². The first kappa shape index (κ1) is 15.0. The smallest absolute Gasteiger partial charge is 0.255 e. The van der Waals surface area contributed by atoms with Gasteiger partial charge in [0, 0.05) is 22.4 Å². The second kappa shape index (κ2) is 6.39. The minimum atomic E-state index is -0.394. The van der Waals surface area contributed by atoms with Crippen molar-refractivity contribution in [3.63, 3.8) is 0 Å². The molecule has 0 saturated carbocycles. The average molecular weight is 288 g/mol. The van der Waals surface area contributed by atoms with Gasteiger partial charge in [0.25, 0.3) is 5.91 Å². The normalized spacial score (nSPS) is 9.41. The van der Waals surface area contributed by atoms with Gasteiger partial charge in [0.05, 0.1) is 11.6 Å². The number of hydrogen-bond donors (Lipinski definition) is 1. The third-order valence-electron chi connectivity index (χ3n) is 3.02. The van der Waals surface area contributed by atoms with Crippen LogP contribution in [0.3, 0.4) is 0 Å². The lowest BCUT2D eigenvalue weighted by molar-refractivity contribution is 0.101. The van der Waals surface area contributed by atoms with Crippen LogP contribution in [0.5, 0.6) is 0 Å². The number of anilines is 1. The van der Waals surface area contributed by atoms with Gasteiger partial charge in [0.2, 0.25) is 0 Å². The lowest BCUT2D eigenvalue weighted by atomic mass is 10.1. The van der Waals surface area contributed by atoms with Crippen LogP contribution in [0.25, 0.3) is 0 Å². The number of ketones is 1. The Morgan fingerprint density at radius 1 is 1.09 bits per heavy atom. The van der Waals surface area contributed by atoms with Crippen molar-refractivity contribution in [2.24, 2.45) is 0 Å². The molecule has 4 nitrogen and oxygen atoms in total. The molecule has 1 amide bonds. The van der Waals surface area contributed by atoms with E-state index in [-0.39, 0.29) is 5.78 Å². The number of amides is 1. The maximum absolute atomic E-state index is 12.3. The monoisotopic (exact) mass is 288 g/mol. The highest BCUT2D eigenvalue weighted by Crippen LogP contribution is 2.15. The summed E-state index contributed by atoms with van der Waals surface area (Å²) in [5, 5.41) is 11.7. The van der Waals surface area contributed by atoms with E-state index in [2.05, 4.69) is 11.2 Å². The van der Waals surface area contributed by atoms with Crippen LogP contribution in [0.2, 0.25) is 0 Å². The van der Waals surface area contributed by atoms with Crippen molar-refractivity contribution in [3.8, 4) is 18.4 Å². The number of benzene rings is 2. The molecule has 0 bridgehead atoms. The summed E-state index contributed by atoms with van der Waals surface area (Å²) in [7, 11) is 0. The Morgan fingerprint density at radius 2 is 1.82 bits per heavy atom. The molecule has 0 aliphatic carbocycles. The third-order valence-corrected chi connectivity index (χ3v) is 3.02. The second-order valence-corrected chi connectivity index (χ2v) is 4.65. The molecule has 0 aliphatic heterocycles. The van der Waals surface area contributed by atoms with Crippen LogP contribution in [0.1, 0.15) is 38.8 Å². The zero-order valence-corrected chi connectivity index (χ0v) is 11.9. The van der Waals surface area contributed by atoms with Gasteiger partial charge in [-0.1, -0.05) is 18.1 Å². The highest BCUT2D eigenvalue weighted by atomic mass is 16.1. The molecule has 0 radical (unpaired) electrons. The molecule has 2 rings (SSSR count). The molecule has 2 aromatic carbocycles. The average Bonchev–Trinajstić information content (AvgIpc) is 2.54. The summed E-state index contributed by atoms with van der Waals surface area (Å²) in [6, 6.07) is 13.1. The third kappa shape index (κ3) is 3.39. The molecule has 0 spiro atoms. The Morgan fingerprint density at radius 3 is 2.45 bits per heavy atom. The van der Waals surface area contributed by atoms with Gasteiger partial charge < -0.3 is 5.32 Å². The van der Waals surface area contributed by atoms with E-state index in [4.69, 9.17) is 11.7 Å². The van der Waals surface area contributed by atoms with Crippen molar-refractivity contribution < 1.29 is 9.59 Å². The van der Waals surface area contributed by atoms with E-state index < -0.39 is 5.91 Å². The Hall–Kier alpha value is -3.37. The van der Waals surface area contributed by atoms with Gasteiger partial charge in [-0.05, 0) is 37.3 Å². The molecule has 0 fully saturated rings.